The van der Waals surface area contributed by atoms with Crippen molar-refractivity contribution in [2.24, 2.45) is 5.92 Å². The molecule has 0 atom stereocenters. The molecule has 2 heterocycles. The van der Waals surface area contributed by atoms with E-state index in [1.54, 1.807) is 17.5 Å². The van der Waals surface area contributed by atoms with E-state index in [-0.39, 0.29) is 6.03 Å². The summed E-state index contributed by atoms with van der Waals surface area (Å²) in [6, 6.07) is 5.66. The minimum Gasteiger partial charge on any atom is -0.338 e. The van der Waals surface area contributed by atoms with Crippen LogP contribution in [-0.4, -0.2) is 29.1 Å². The minimum absolute atomic E-state index is 0.121. The molecule has 0 saturated carbocycles. The summed E-state index contributed by atoms with van der Waals surface area (Å²) in [7, 11) is 0. The van der Waals surface area contributed by atoms with Crippen LogP contribution < -0.4 is 10.6 Å². The molecule has 2 aromatic heterocycles. The first-order valence-electron chi connectivity index (χ1n) is 7.02. The van der Waals surface area contributed by atoms with Crippen molar-refractivity contribution in [1.82, 2.24) is 20.6 Å². The largest absolute Gasteiger partial charge is 0.338 e. The molecule has 0 aromatic carbocycles. The Hall–Kier alpha value is -1.95. The number of aromatic nitrogens is 2. The molecule has 5 nitrogen and oxygen atoms in total. The summed E-state index contributed by atoms with van der Waals surface area (Å²) in [4.78, 5) is 20.3. The van der Waals surface area contributed by atoms with Crippen molar-refractivity contribution in [2.45, 2.75) is 20.3 Å². The second kappa shape index (κ2) is 7.73. The number of rotatable bonds is 6. The summed E-state index contributed by atoms with van der Waals surface area (Å²) in [5.74, 6) is 0.454. The van der Waals surface area contributed by atoms with Crippen molar-refractivity contribution >= 4 is 17.4 Å². The van der Waals surface area contributed by atoms with Gasteiger partial charge in [-0.2, -0.15) is 0 Å². The number of amides is 2. The van der Waals surface area contributed by atoms with E-state index in [0.29, 0.717) is 19.0 Å². The van der Waals surface area contributed by atoms with Crippen molar-refractivity contribution in [3.63, 3.8) is 0 Å². The van der Waals surface area contributed by atoms with Gasteiger partial charge in [-0.05, 0) is 18.1 Å². The zero-order valence-electron chi connectivity index (χ0n) is 12.3. The van der Waals surface area contributed by atoms with Gasteiger partial charge < -0.3 is 10.6 Å². The maximum atomic E-state index is 11.5. The molecule has 21 heavy (non-hydrogen) atoms. The molecule has 0 aliphatic heterocycles. The van der Waals surface area contributed by atoms with Gasteiger partial charge in [0, 0.05) is 31.1 Å². The maximum absolute atomic E-state index is 11.5. The van der Waals surface area contributed by atoms with Gasteiger partial charge in [-0.25, -0.2) is 9.78 Å². The van der Waals surface area contributed by atoms with Crippen molar-refractivity contribution < 1.29 is 4.79 Å². The minimum atomic E-state index is -0.121. The number of carbonyl (C=O) groups excluding carboxylic acids is 1. The van der Waals surface area contributed by atoms with Crippen molar-refractivity contribution in [3.8, 4) is 10.7 Å². The number of carbonyl (C=O) groups is 1. The molecule has 0 aliphatic rings. The van der Waals surface area contributed by atoms with E-state index in [1.807, 2.05) is 23.6 Å². The Balaban J connectivity index is 1.77. The first kappa shape index (κ1) is 15.4. The topological polar surface area (TPSA) is 66.9 Å². The van der Waals surface area contributed by atoms with Gasteiger partial charge in [0.25, 0.3) is 0 Å². The Morgan fingerprint density at radius 2 is 2.19 bits per heavy atom. The van der Waals surface area contributed by atoms with E-state index in [9.17, 15) is 4.79 Å². The van der Waals surface area contributed by atoms with Crippen LogP contribution in [0.5, 0.6) is 0 Å². The fraction of sp³-hybridized carbons (Fsp3) is 0.400. The Kier molecular flexibility index (Phi) is 5.68. The number of nitrogens with zero attached hydrogens (tertiary/aromatic N) is 2. The average molecular weight is 304 g/mol. The molecule has 2 amide bonds. The summed E-state index contributed by atoms with van der Waals surface area (Å²) >= 11 is 1.57. The molecular weight excluding hydrogens is 284 g/mol. The Morgan fingerprint density at radius 1 is 1.33 bits per heavy atom. The average Bonchev–Trinajstić information content (AvgIpc) is 2.95. The van der Waals surface area contributed by atoms with Crippen molar-refractivity contribution in [1.29, 1.82) is 0 Å². The highest BCUT2D eigenvalue weighted by atomic mass is 32.1. The van der Waals surface area contributed by atoms with Gasteiger partial charge in [-0.3, -0.25) is 4.98 Å². The zero-order valence-corrected chi connectivity index (χ0v) is 13.1. The van der Waals surface area contributed by atoms with Gasteiger partial charge in [0.1, 0.15) is 5.01 Å². The predicted molar refractivity (Wildman–Crippen MR) is 85.3 cm³/mol. The fourth-order valence-corrected chi connectivity index (χ4v) is 2.52. The van der Waals surface area contributed by atoms with Crippen LogP contribution >= 0.6 is 11.3 Å². The lowest BCUT2D eigenvalue weighted by Gasteiger charge is -2.08. The summed E-state index contributed by atoms with van der Waals surface area (Å²) in [6.07, 6.45) is 2.48. The highest BCUT2D eigenvalue weighted by molar-refractivity contribution is 7.13. The summed E-state index contributed by atoms with van der Waals surface area (Å²) < 4.78 is 0. The van der Waals surface area contributed by atoms with Crippen LogP contribution in [0.25, 0.3) is 10.7 Å². The van der Waals surface area contributed by atoms with Crippen LogP contribution in [-0.2, 0) is 6.42 Å². The first-order valence-corrected chi connectivity index (χ1v) is 7.90. The SMILES string of the molecule is CC(C)CNC(=O)NCCc1csc(-c2ccccn2)n1. The lowest BCUT2D eigenvalue weighted by molar-refractivity contribution is 0.239. The van der Waals surface area contributed by atoms with Gasteiger partial charge in [-0.1, -0.05) is 19.9 Å². The second-order valence-corrected chi connectivity index (χ2v) is 6.00. The van der Waals surface area contributed by atoms with Crippen LogP contribution in [0.4, 0.5) is 4.79 Å². The van der Waals surface area contributed by atoms with Gasteiger partial charge in [0.05, 0.1) is 11.4 Å². The Morgan fingerprint density at radius 3 is 2.90 bits per heavy atom. The number of hydrogen-bond donors (Lipinski definition) is 2. The number of hydrogen-bond acceptors (Lipinski definition) is 4. The van der Waals surface area contributed by atoms with Gasteiger partial charge in [0.15, 0.2) is 0 Å². The van der Waals surface area contributed by atoms with Gasteiger partial charge in [0.2, 0.25) is 0 Å². The summed E-state index contributed by atoms with van der Waals surface area (Å²) in [5.41, 5.74) is 1.86. The molecule has 112 valence electrons. The molecule has 2 rings (SSSR count). The van der Waals surface area contributed by atoms with Crippen LogP contribution in [0.15, 0.2) is 29.8 Å². The monoisotopic (exact) mass is 304 g/mol. The van der Waals surface area contributed by atoms with E-state index in [0.717, 1.165) is 22.8 Å². The van der Waals surface area contributed by atoms with Crippen molar-refractivity contribution in [2.75, 3.05) is 13.1 Å². The molecule has 0 spiro atoms. The third kappa shape index (κ3) is 5.15. The molecule has 0 bridgehead atoms. The Bertz CT molecular complexity index is 568. The van der Waals surface area contributed by atoms with Gasteiger partial charge >= 0.3 is 6.03 Å². The standard InChI is InChI=1S/C15H20N4OS/c1-11(2)9-18-15(20)17-8-6-12-10-21-14(19-12)13-5-3-4-7-16-13/h3-5,7,10-11H,6,8-9H2,1-2H3,(H2,17,18,20). The molecular formula is C15H20N4OS. The van der Waals surface area contributed by atoms with E-state index < -0.39 is 0 Å². The van der Waals surface area contributed by atoms with Crippen LogP contribution in [0.1, 0.15) is 19.5 Å². The fourth-order valence-electron chi connectivity index (χ4n) is 1.69. The molecule has 2 aromatic rings. The second-order valence-electron chi connectivity index (χ2n) is 5.14. The molecule has 6 heteroatoms. The smallest absolute Gasteiger partial charge is 0.314 e. The molecule has 0 fully saturated rings. The normalized spacial score (nSPS) is 10.6. The zero-order chi connectivity index (χ0) is 15.1. The third-order valence-electron chi connectivity index (χ3n) is 2.77. The van der Waals surface area contributed by atoms with Crippen LogP contribution in [0.2, 0.25) is 0 Å². The number of thiazole rings is 1. The highest BCUT2D eigenvalue weighted by Gasteiger charge is 2.06. The van der Waals surface area contributed by atoms with E-state index in [2.05, 4.69) is 34.4 Å². The highest BCUT2D eigenvalue weighted by Crippen LogP contribution is 2.21. The molecule has 0 radical (unpaired) electrons. The van der Waals surface area contributed by atoms with E-state index in [4.69, 9.17) is 0 Å². The number of pyridine rings is 1. The number of nitrogens with one attached hydrogen (secondary N) is 2. The summed E-state index contributed by atoms with van der Waals surface area (Å²) in [5, 5.41) is 8.58. The van der Waals surface area contributed by atoms with Gasteiger partial charge in [-0.15, -0.1) is 11.3 Å². The molecule has 2 N–H and O–H groups in total. The van der Waals surface area contributed by atoms with Crippen molar-refractivity contribution in [3.05, 3.63) is 35.5 Å². The lowest BCUT2D eigenvalue weighted by atomic mass is 10.2. The molecule has 0 saturated heterocycles. The van der Waals surface area contributed by atoms with E-state index in [1.165, 1.54) is 0 Å². The predicted octanol–water partition coefficient (Wildman–Crippen LogP) is 2.70. The quantitative estimate of drug-likeness (QED) is 0.862. The third-order valence-corrected chi connectivity index (χ3v) is 3.69. The molecule has 0 aliphatic carbocycles. The molecule has 0 unspecified atom stereocenters. The summed E-state index contributed by atoms with van der Waals surface area (Å²) in [6.45, 7) is 5.39. The Labute approximate surface area is 128 Å². The van der Waals surface area contributed by atoms with Crippen LogP contribution in [0, 0.1) is 5.92 Å². The van der Waals surface area contributed by atoms with E-state index >= 15 is 0 Å². The number of urea groups is 1. The van der Waals surface area contributed by atoms with Crippen LogP contribution in [0.3, 0.4) is 0 Å². The maximum Gasteiger partial charge on any atom is 0.314 e. The first-order chi connectivity index (χ1) is 10.1. The lowest BCUT2D eigenvalue weighted by Crippen LogP contribution is -2.38.